The molecule has 0 bridgehead atoms. The van der Waals surface area contributed by atoms with Crippen LogP contribution in [0, 0.1) is 5.92 Å². The average molecular weight is 255 g/mol. The molecule has 1 heterocycles. The number of hydrogen-bond donors (Lipinski definition) is 0. The lowest BCUT2D eigenvalue weighted by Crippen LogP contribution is -2.36. The molecule has 2 aliphatic rings. The fourth-order valence-corrected chi connectivity index (χ4v) is 2.86. The molecular formula is C17H21NO. The molecule has 0 radical (unpaired) electrons. The summed E-state index contributed by atoms with van der Waals surface area (Å²) in [6.45, 7) is 0.971. The van der Waals surface area contributed by atoms with Crippen LogP contribution < -0.4 is 0 Å². The Labute approximate surface area is 115 Å². The zero-order chi connectivity index (χ0) is 13.1. The van der Waals surface area contributed by atoms with Crippen LogP contribution in [0.2, 0.25) is 0 Å². The molecule has 2 fully saturated rings. The first kappa shape index (κ1) is 12.5. The maximum absolute atomic E-state index is 12.2. The summed E-state index contributed by atoms with van der Waals surface area (Å²) in [7, 11) is 0. The number of nitrogens with zero attached hydrogens (tertiary/aromatic N) is 1. The van der Waals surface area contributed by atoms with Crippen molar-refractivity contribution in [2.45, 2.75) is 38.1 Å². The number of benzene rings is 1. The summed E-state index contributed by atoms with van der Waals surface area (Å²) in [6.07, 6.45) is 9.94. The van der Waals surface area contributed by atoms with Crippen molar-refractivity contribution in [3.63, 3.8) is 0 Å². The quantitative estimate of drug-likeness (QED) is 0.806. The molecule has 1 aliphatic carbocycles. The van der Waals surface area contributed by atoms with E-state index in [2.05, 4.69) is 41.3 Å². The van der Waals surface area contributed by atoms with Crippen molar-refractivity contribution >= 4 is 12.0 Å². The van der Waals surface area contributed by atoms with Gasteiger partial charge in [0.1, 0.15) is 0 Å². The van der Waals surface area contributed by atoms with E-state index in [1.54, 1.807) is 0 Å². The van der Waals surface area contributed by atoms with Crippen LogP contribution in [0.1, 0.15) is 37.7 Å². The van der Waals surface area contributed by atoms with E-state index >= 15 is 0 Å². The Balaban J connectivity index is 1.56. The van der Waals surface area contributed by atoms with E-state index < -0.39 is 0 Å². The van der Waals surface area contributed by atoms with Crippen molar-refractivity contribution in [1.82, 2.24) is 4.90 Å². The van der Waals surface area contributed by atoms with Crippen LogP contribution in [0.3, 0.4) is 0 Å². The molecule has 0 aromatic heterocycles. The molecule has 1 aromatic carbocycles. The fourth-order valence-electron chi connectivity index (χ4n) is 2.86. The smallest absolute Gasteiger partial charge is 0.225 e. The largest absolute Gasteiger partial charge is 0.339 e. The number of rotatable bonds is 4. The Morgan fingerprint density at radius 1 is 1.21 bits per heavy atom. The van der Waals surface area contributed by atoms with Crippen molar-refractivity contribution in [3.05, 3.63) is 42.0 Å². The zero-order valence-electron chi connectivity index (χ0n) is 11.3. The van der Waals surface area contributed by atoms with Crippen LogP contribution in [0.25, 0.3) is 6.08 Å². The van der Waals surface area contributed by atoms with E-state index in [9.17, 15) is 4.79 Å². The predicted octanol–water partition coefficient (Wildman–Crippen LogP) is 3.49. The molecule has 0 spiro atoms. The molecule has 1 unspecified atom stereocenters. The number of amides is 1. The minimum absolute atomic E-state index is 0.360. The summed E-state index contributed by atoms with van der Waals surface area (Å²) in [4.78, 5) is 14.3. The summed E-state index contributed by atoms with van der Waals surface area (Å²) in [6, 6.07) is 10.8. The molecule has 1 saturated carbocycles. The van der Waals surface area contributed by atoms with Crippen molar-refractivity contribution in [2.24, 2.45) is 5.92 Å². The van der Waals surface area contributed by atoms with E-state index in [4.69, 9.17) is 0 Å². The highest BCUT2D eigenvalue weighted by molar-refractivity contribution is 5.81. The van der Waals surface area contributed by atoms with Gasteiger partial charge in [0.15, 0.2) is 0 Å². The van der Waals surface area contributed by atoms with Crippen LogP contribution in [-0.2, 0) is 4.79 Å². The van der Waals surface area contributed by atoms with Gasteiger partial charge in [-0.15, -0.1) is 0 Å². The molecule has 0 N–H and O–H groups in total. The molecule has 19 heavy (non-hydrogen) atoms. The third-order valence-electron chi connectivity index (χ3n) is 4.10. The number of carbonyl (C=O) groups is 1. The predicted molar refractivity (Wildman–Crippen MR) is 77.6 cm³/mol. The molecule has 1 saturated heterocycles. The van der Waals surface area contributed by atoms with Gasteiger partial charge in [-0.2, -0.15) is 0 Å². The lowest BCUT2D eigenvalue weighted by Gasteiger charge is -2.23. The summed E-state index contributed by atoms with van der Waals surface area (Å²) < 4.78 is 0. The van der Waals surface area contributed by atoms with Gasteiger partial charge < -0.3 is 4.90 Å². The van der Waals surface area contributed by atoms with Crippen LogP contribution in [-0.4, -0.2) is 23.4 Å². The van der Waals surface area contributed by atoms with Gasteiger partial charge in [-0.25, -0.2) is 0 Å². The van der Waals surface area contributed by atoms with Crippen molar-refractivity contribution in [2.75, 3.05) is 6.54 Å². The van der Waals surface area contributed by atoms with Gasteiger partial charge in [-0.05, 0) is 37.7 Å². The normalized spacial score (nSPS) is 23.2. The van der Waals surface area contributed by atoms with E-state index in [-0.39, 0.29) is 0 Å². The van der Waals surface area contributed by atoms with Crippen molar-refractivity contribution < 1.29 is 4.79 Å². The second kappa shape index (κ2) is 5.60. The number of carbonyl (C=O) groups excluding carboxylic acids is 1. The summed E-state index contributed by atoms with van der Waals surface area (Å²) in [5.74, 6) is 0.773. The van der Waals surface area contributed by atoms with E-state index in [1.165, 1.54) is 12.0 Å². The minimum Gasteiger partial charge on any atom is -0.339 e. The van der Waals surface area contributed by atoms with Crippen LogP contribution in [0.15, 0.2) is 36.4 Å². The van der Waals surface area contributed by atoms with E-state index in [0.717, 1.165) is 32.2 Å². The topological polar surface area (TPSA) is 20.3 Å². The molecule has 2 nitrogen and oxygen atoms in total. The van der Waals surface area contributed by atoms with Gasteiger partial charge in [0.25, 0.3) is 0 Å². The zero-order valence-corrected chi connectivity index (χ0v) is 11.3. The Hall–Kier alpha value is -1.57. The molecular weight excluding hydrogens is 234 g/mol. The highest BCUT2D eigenvalue weighted by atomic mass is 16.2. The molecule has 1 atom stereocenters. The standard InChI is InChI=1S/C17H21NO/c19-17(15-11-12-15)18-13-5-10-16(18)9-4-8-14-6-2-1-3-7-14/h1-4,6-8,15-16H,5,9-13H2. The second-order valence-electron chi connectivity index (χ2n) is 5.65. The van der Waals surface area contributed by atoms with Gasteiger partial charge in [0.2, 0.25) is 5.91 Å². The fraction of sp³-hybridized carbons (Fsp3) is 0.471. The summed E-state index contributed by atoms with van der Waals surface area (Å²) >= 11 is 0. The molecule has 2 heteroatoms. The highest BCUT2D eigenvalue weighted by Crippen LogP contribution is 2.34. The first-order valence-corrected chi connectivity index (χ1v) is 7.36. The van der Waals surface area contributed by atoms with Gasteiger partial charge in [-0.3, -0.25) is 4.79 Å². The molecule has 1 aromatic rings. The van der Waals surface area contributed by atoms with Gasteiger partial charge in [0, 0.05) is 18.5 Å². The maximum Gasteiger partial charge on any atom is 0.225 e. The van der Waals surface area contributed by atoms with Gasteiger partial charge >= 0.3 is 0 Å². The Kier molecular flexibility index (Phi) is 3.67. The molecule has 3 rings (SSSR count). The van der Waals surface area contributed by atoms with Crippen molar-refractivity contribution in [3.8, 4) is 0 Å². The highest BCUT2D eigenvalue weighted by Gasteiger charge is 2.37. The van der Waals surface area contributed by atoms with Crippen LogP contribution >= 0.6 is 0 Å². The Morgan fingerprint density at radius 3 is 2.74 bits per heavy atom. The molecule has 100 valence electrons. The average Bonchev–Trinajstić information content (AvgIpc) is 3.19. The maximum atomic E-state index is 12.2. The minimum atomic E-state index is 0.360. The van der Waals surface area contributed by atoms with Crippen LogP contribution in [0.4, 0.5) is 0 Å². The van der Waals surface area contributed by atoms with Crippen molar-refractivity contribution in [1.29, 1.82) is 0 Å². The number of hydrogen-bond acceptors (Lipinski definition) is 1. The van der Waals surface area contributed by atoms with Crippen LogP contribution in [0.5, 0.6) is 0 Å². The van der Waals surface area contributed by atoms with Gasteiger partial charge in [0.05, 0.1) is 0 Å². The number of likely N-dealkylation sites (tertiary alicyclic amines) is 1. The monoisotopic (exact) mass is 255 g/mol. The summed E-state index contributed by atoms with van der Waals surface area (Å²) in [5, 5.41) is 0. The Bertz CT molecular complexity index is 461. The molecule has 1 amide bonds. The lowest BCUT2D eigenvalue weighted by molar-refractivity contribution is -0.133. The third-order valence-corrected chi connectivity index (χ3v) is 4.10. The Morgan fingerprint density at radius 2 is 2.00 bits per heavy atom. The second-order valence-corrected chi connectivity index (χ2v) is 5.65. The lowest BCUT2D eigenvalue weighted by atomic mass is 10.1. The van der Waals surface area contributed by atoms with Gasteiger partial charge in [-0.1, -0.05) is 42.5 Å². The van der Waals surface area contributed by atoms with E-state index in [1.807, 2.05) is 6.07 Å². The first-order valence-electron chi connectivity index (χ1n) is 7.36. The van der Waals surface area contributed by atoms with E-state index in [0.29, 0.717) is 17.9 Å². The SMILES string of the molecule is O=C(C1CC1)N1CCCC1CC=Cc1ccccc1. The third kappa shape index (κ3) is 3.06. The molecule has 1 aliphatic heterocycles. The summed E-state index contributed by atoms with van der Waals surface area (Å²) in [5.41, 5.74) is 1.24. The first-order chi connectivity index (χ1) is 9.34.